The van der Waals surface area contributed by atoms with Crippen molar-refractivity contribution >= 4 is 17.5 Å². The van der Waals surface area contributed by atoms with Gasteiger partial charge < -0.3 is 14.8 Å². The van der Waals surface area contributed by atoms with E-state index in [0.717, 1.165) is 37.2 Å². The van der Waals surface area contributed by atoms with Crippen molar-refractivity contribution in [2.45, 2.75) is 46.6 Å². The van der Waals surface area contributed by atoms with Crippen LogP contribution in [0.2, 0.25) is 0 Å². The highest BCUT2D eigenvalue weighted by atomic mass is 16.2. The molecule has 0 saturated carbocycles. The lowest BCUT2D eigenvalue weighted by Crippen LogP contribution is -2.33. The van der Waals surface area contributed by atoms with Crippen LogP contribution in [0.4, 0.5) is 5.69 Å². The number of aromatic nitrogens is 2. The van der Waals surface area contributed by atoms with Gasteiger partial charge in [-0.3, -0.25) is 9.59 Å². The normalized spacial score (nSPS) is 13.3. The molecule has 1 aromatic heterocycles. The fourth-order valence-corrected chi connectivity index (χ4v) is 3.44. The number of imidazole rings is 1. The number of rotatable bonds is 6. The average molecular weight is 368 g/mol. The van der Waals surface area contributed by atoms with Crippen LogP contribution in [-0.2, 0) is 13.0 Å². The molecule has 0 unspecified atom stereocenters. The van der Waals surface area contributed by atoms with Crippen LogP contribution in [-0.4, -0.2) is 34.5 Å². The quantitative estimate of drug-likeness (QED) is 0.851. The Morgan fingerprint density at radius 3 is 2.63 bits per heavy atom. The van der Waals surface area contributed by atoms with Gasteiger partial charge in [0, 0.05) is 25.3 Å². The van der Waals surface area contributed by atoms with Gasteiger partial charge in [0.25, 0.3) is 11.8 Å². The van der Waals surface area contributed by atoms with Crippen molar-refractivity contribution < 1.29 is 9.59 Å². The molecule has 1 aliphatic heterocycles. The summed E-state index contributed by atoms with van der Waals surface area (Å²) >= 11 is 0. The summed E-state index contributed by atoms with van der Waals surface area (Å²) in [6.45, 7) is 7.92. The second kappa shape index (κ2) is 8.37. The van der Waals surface area contributed by atoms with Crippen LogP contribution in [0.1, 0.15) is 60.4 Å². The number of hydrogen-bond acceptors (Lipinski definition) is 3. The minimum absolute atomic E-state index is 0.158. The molecule has 6 nitrogen and oxygen atoms in total. The van der Waals surface area contributed by atoms with E-state index in [4.69, 9.17) is 0 Å². The number of fused-ring (bicyclic) bond motifs is 1. The predicted octanol–water partition coefficient (Wildman–Crippen LogP) is 3.27. The van der Waals surface area contributed by atoms with Crippen molar-refractivity contribution in [1.82, 2.24) is 14.9 Å². The van der Waals surface area contributed by atoms with Gasteiger partial charge in [-0.15, -0.1) is 0 Å². The fourth-order valence-electron chi connectivity index (χ4n) is 3.44. The molecule has 1 N–H and O–H groups in total. The number of benzene rings is 1. The number of carbonyl (C=O) groups excluding carboxylic acids is 2. The van der Waals surface area contributed by atoms with E-state index in [9.17, 15) is 9.59 Å². The van der Waals surface area contributed by atoms with Crippen molar-refractivity contribution in [2.24, 2.45) is 5.92 Å². The minimum Gasteiger partial charge on any atom is -0.350 e. The van der Waals surface area contributed by atoms with Crippen molar-refractivity contribution in [2.75, 3.05) is 18.0 Å². The van der Waals surface area contributed by atoms with Gasteiger partial charge in [-0.1, -0.05) is 32.0 Å². The van der Waals surface area contributed by atoms with Crippen LogP contribution in [0.15, 0.2) is 30.3 Å². The maximum absolute atomic E-state index is 13.3. The summed E-state index contributed by atoms with van der Waals surface area (Å²) < 4.78 is 1.95. The van der Waals surface area contributed by atoms with Crippen LogP contribution in [0.5, 0.6) is 0 Å². The zero-order valence-electron chi connectivity index (χ0n) is 16.4. The molecule has 6 heteroatoms. The Labute approximate surface area is 160 Å². The second-order valence-corrected chi connectivity index (χ2v) is 7.33. The van der Waals surface area contributed by atoms with E-state index in [1.165, 1.54) is 0 Å². The summed E-state index contributed by atoms with van der Waals surface area (Å²) in [7, 11) is 0. The number of anilines is 1. The number of nitrogens with zero attached hydrogens (tertiary/aromatic N) is 3. The van der Waals surface area contributed by atoms with Gasteiger partial charge in [0.15, 0.2) is 0 Å². The SMILES string of the molecule is CCN(C(=O)c1nc(C(=O)NCC(C)C)c2n1CCCC2)c1ccccc1. The molecule has 144 valence electrons. The Balaban J connectivity index is 1.95. The molecule has 2 heterocycles. The smallest absolute Gasteiger partial charge is 0.294 e. The van der Waals surface area contributed by atoms with Gasteiger partial charge in [0.05, 0.1) is 5.69 Å². The van der Waals surface area contributed by atoms with E-state index in [1.54, 1.807) is 4.90 Å². The standard InChI is InChI=1S/C21H28N4O2/c1-4-24(16-10-6-5-7-11-16)21(27)19-23-18(20(26)22-14-15(2)3)17-12-8-9-13-25(17)19/h5-7,10-11,15H,4,8-9,12-14H2,1-3H3,(H,22,26). The fraction of sp³-hybridized carbons (Fsp3) is 0.476. The summed E-state index contributed by atoms with van der Waals surface area (Å²) in [5, 5.41) is 2.94. The van der Waals surface area contributed by atoms with E-state index >= 15 is 0 Å². The van der Waals surface area contributed by atoms with Crippen molar-refractivity contribution in [3.05, 3.63) is 47.5 Å². The lowest BCUT2D eigenvalue weighted by Gasteiger charge is -2.22. The van der Waals surface area contributed by atoms with Crippen LogP contribution < -0.4 is 10.2 Å². The Hall–Kier alpha value is -2.63. The maximum atomic E-state index is 13.3. The van der Waals surface area contributed by atoms with Gasteiger partial charge in [-0.05, 0) is 44.2 Å². The Morgan fingerprint density at radius 2 is 1.96 bits per heavy atom. The molecule has 0 radical (unpaired) electrons. The number of para-hydroxylation sites is 1. The highest BCUT2D eigenvalue weighted by Gasteiger charge is 2.29. The van der Waals surface area contributed by atoms with E-state index < -0.39 is 0 Å². The highest BCUT2D eigenvalue weighted by molar-refractivity contribution is 6.05. The first kappa shape index (κ1) is 19.1. The molecule has 2 amide bonds. The summed E-state index contributed by atoms with van der Waals surface area (Å²) in [4.78, 5) is 32.1. The average Bonchev–Trinajstić information content (AvgIpc) is 3.07. The van der Waals surface area contributed by atoms with Crippen molar-refractivity contribution in [1.29, 1.82) is 0 Å². The number of carbonyl (C=O) groups is 2. The van der Waals surface area contributed by atoms with Crippen LogP contribution in [0, 0.1) is 5.92 Å². The van der Waals surface area contributed by atoms with Crippen LogP contribution >= 0.6 is 0 Å². The van der Waals surface area contributed by atoms with Crippen LogP contribution in [0.25, 0.3) is 0 Å². The van der Waals surface area contributed by atoms with E-state index in [0.29, 0.717) is 30.5 Å². The first-order valence-electron chi connectivity index (χ1n) is 9.77. The molecule has 0 spiro atoms. The number of amides is 2. The Morgan fingerprint density at radius 1 is 1.22 bits per heavy atom. The molecule has 0 atom stereocenters. The van der Waals surface area contributed by atoms with E-state index in [2.05, 4.69) is 24.1 Å². The molecule has 3 rings (SSSR count). The van der Waals surface area contributed by atoms with Crippen molar-refractivity contribution in [3.63, 3.8) is 0 Å². The summed E-state index contributed by atoms with van der Waals surface area (Å²) in [5.41, 5.74) is 2.13. The largest absolute Gasteiger partial charge is 0.350 e. The third-order valence-corrected chi connectivity index (χ3v) is 4.82. The third kappa shape index (κ3) is 4.04. The topological polar surface area (TPSA) is 67.2 Å². The monoisotopic (exact) mass is 368 g/mol. The number of nitrogens with one attached hydrogen (secondary N) is 1. The molecule has 0 aliphatic carbocycles. The molecule has 0 bridgehead atoms. The Bertz CT molecular complexity index is 811. The van der Waals surface area contributed by atoms with Gasteiger partial charge in [0.1, 0.15) is 5.69 Å². The molecule has 0 fully saturated rings. The molecular formula is C21H28N4O2. The lowest BCUT2D eigenvalue weighted by molar-refractivity contribution is 0.0943. The summed E-state index contributed by atoms with van der Waals surface area (Å²) in [6.07, 6.45) is 2.79. The molecule has 27 heavy (non-hydrogen) atoms. The van der Waals surface area contributed by atoms with Gasteiger partial charge in [-0.25, -0.2) is 4.98 Å². The molecule has 0 saturated heterocycles. The first-order chi connectivity index (χ1) is 13.0. The minimum atomic E-state index is -0.184. The highest BCUT2D eigenvalue weighted by Crippen LogP contribution is 2.24. The molecule has 1 aromatic carbocycles. The predicted molar refractivity (Wildman–Crippen MR) is 106 cm³/mol. The van der Waals surface area contributed by atoms with Crippen LogP contribution in [0.3, 0.4) is 0 Å². The molecule has 2 aromatic rings. The van der Waals surface area contributed by atoms with Crippen molar-refractivity contribution in [3.8, 4) is 0 Å². The summed E-state index contributed by atoms with van der Waals surface area (Å²) in [6, 6.07) is 9.58. The van der Waals surface area contributed by atoms with Gasteiger partial charge in [-0.2, -0.15) is 0 Å². The molecular weight excluding hydrogens is 340 g/mol. The first-order valence-corrected chi connectivity index (χ1v) is 9.77. The number of hydrogen-bond donors (Lipinski definition) is 1. The lowest BCUT2D eigenvalue weighted by atomic mass is 10.1. The molecule has 1 aliphatic rings. The summed E-state index contributed by atoms with van der Waals surface area (Å²) in [5.74, 6) is 0.387. The maximum Gasteiger partial charge on any atom is 0.294 e. The van der Waals surface area contributed by atoms with Gasteiger partial charge in [0.2, 0.25) is 5.82 Å². The zero-order chi connectivity index (χ0) is 19.4. The Kier molecular flexibility index (Phi) is 5.94. The second-order valence-electron chi connectivity index (χ2n) is 7.33. The van der Waals surface area contributed by atoms with Gasteiger partial charge >= 0.3 is 0 Å². The zero-order valence-corrected chi connectivity index (χ0v) is 16.4. The third-order valence-electron chi connectivity index (χ3n) is 4.82. The van der Waals surface area contributed by atoms with E-state index in [1.807, 2.05) is 41.8 Å². The van der Waals surface area contributed by atoms with E-state index in [-0.39, 0.29) is 11.8 Å².